The minimum Gasteiger partial charge on any atom is -0.454 e. The Morgan fingerprint density at radius 2 is 2.27 bits per heavy atom. The molecular weight excluding hydrogens is 280 g/mol. The fourth-order valence-corrected chi connectivity index (χ4v) is 3.37. The highest BCUT2D eigenvalue weighted by atomic mass is 16.7. The van der Waals surface area contributed by atoms with Gasteiger partial charge in [0.15, 0.2) is 11.5 Å². The zero-order valence-corrected chi connectivity index (χ0v) is 13.3. The highest BCUT2D eigenvalue weighted by Crippen LogP contribution is 2.35. The zero-order valence-electron chi connectivity index (χ0n) is 13.3. The molecule has 5 heteroatoms. The van der Waals surface area contributed by atoms with Crippen molar-refractivity contribution >= 4 is 5.91 Å². The first-order chi connectivity index (χ1) is 10.7. The monoisotopic (exact) mass is 304 g/mol. The van der Waals surface area contributed by atoms with E-state index < -0.39 is 0 Å². The first-order valence-corrected chi connectivity index (χ1v) is 8.05. The second-order valence-electron chi connectivity index (χ2n) is 6.06. The summed E-state index contributed by atoms with van der Waals surface area (Å²) in [7, 11) is 0. The van der Waals surface area contributed by atoms with Gasteiger partial charge in [-0.15, -0.1) is 0 Å². The summed E-state index contributed by atoms with van der Waals surface area (Å²) in [5, 5.41) is 3.65. The fourth-order valence-electron chi connectivity index (χ4n) is 3.37. The second-order valence-corrected chi connectivity index (χ2v) is 6.06. The van der Waals surface area contributed by atoms with Crippen molar-refractivity contribution in [2.24, 2.45) is 5.92 Å². The van der Waals surface area contributed by atoms with Gasteiger partial charge >= 0.3 is 0 Å². The van der Waals surface area contributed by atoms with Gasteiger partial charge in [0.2, 0.25) is 12.7 Å². The molecule has 1 aromatic rings. The number of hydrogen-bond donors (Lipinski definition) is 1. The molecule has 1 amide bonds. The Hall–Kier alpha value is -1.75. The van der Waals surface area contributed by atoms with Gasteiger partial charge in [-0.2, -0.15) is 0 Å². The van der Waals surface area contributed by atoms with Gasteiger partial charge in [-0.3, -0.25) is 4.79 Å². The normalized spacial score (nSPS) is 23.6. The first-order valence-electron chi connectivity index (χ1n) is 8.05. The van der Waals surface area contributed by atoms with Gasteiger partial charge in [0, 0.05) is 38.2 Å². The molecule has 0 unspecified atom stereocenters. The van der Waals surface area contributed by atoms with E-state index in [-0.39, 0.29) is 5.91 Å². The van der Waals surface area contributed by atoms with Crippen LogP contribution in [0.1, 0.15) is 32.3 Å². The van der Waals surface area contributed by atoms with Crippen LogP contribution in [0, 0.1) is 5.92 Å². The predicted molar refractivity (Wildman–Crippen MR) is 83.8 cm³/mol. The summed E-state index contributed by atoms with van der Waals surface area (Å²) in [6.07, 6.45) is 2.08. The predicted octanol–water partition coefficient (Wildman–Crippen LogP) is 2.15. The van der Waals surface area contributed by atoms with Crippen LogP contribution in [0.25, 0.3) is 0 Å². The maximum absolute atomic E-state index is 11.5. The van der Waals surface area contributed by atoms with E-state index in [2.05, 4.69) is 18.3 Å². The standard InChI is InChI=1S/C17H24N2O3/c1-3-13-10-19(12(2)20)8-7-15(13)18-9-14-5-4-6-16-17(14)22-11-21-16/h4-6,13,15,18H,3,7-11H2,1-2H3/t13-,15-/m0/s1. The number of fused-ring (bicyclic) bond motifs is 1. The van der Waals surface area contributed by atoms with Gasteiger partial charge in [0.1, 0.15) is 0 Å². The number of nitrogens with one attached hydrogen (secondary N) is 1. The Morgan fingerprint density at radius 1 is 1.41 bits per heavy atom. The average Bonchev–Trinajstić information content (AvgIpc) is 3.01. The van der Waals surface area contributed by atoms with Crippen LogP contribution in [0.3, 0.4) is 0 Å². The Bertz CT molecular complexity index is 547. The van der Waals surface area contributed by atoms with Crippen LogP contribution in [0.4, 0.5) is 0 Å². The summed E-state index contributed by atoms with van der Waals surface area (Å²) < 4.78 is 11.0. The Balaban J connectivity index is 1.62. The topological polar surface area (TPSA) is 50.8 Å². The van der Waals surface area contributed by atoms with E-state index in [0.29, 0.717) is 18.8 Å². The number of piperidine rings is 1. The van der Waals surface area contributed by atoms with Crippen molar-refractivity contribution in [2.75, 3.05) is 19.9 Å². The van der Waals surface area contributed by atoms with Crippen LogP contribution in [-0.4, -0.2) is 36.7 Å². The molecule has 0 aromatic heterocycles. The minimum absolute atomic E-state index is 0.184. The molecule has 120 valence electrons. The Kier molecular flexibility index (Phi) is 4.52. The third-order valence-electron chi connectivity index (χ3n) is 4.74. The van der Waals surface area contributed by atoms with Crippen molar-refractivity contribution in [1.82, 2.24) is 10.2 Å². The molecule has 0 radical (unpaired) electrons. The summed E-state index contributed by atoms with van der Waals surface area (Å²) in [5.74, 6) is 2.39. The molecule has 0 aliphatic carbocycles. The fraction of sp³-hybridized carbons (Fsp3) is 0.588. The number of carbonyl (C=O) groups is 1. The number of benzene rings is 1. The molecule has 0 bridgehead atoms. The summed E-state index contributed by atoms with van der Waals surface area (Å²) >= 11 is 0. The molecule has 3 rings (SSSR count). The van der Waals surface area contributed by atoms with E-state index in [1.807, 2.05) is 17.0 Å². The largest absolute Gasteiger partial charge is 0.454 e. The SMILES string of the molecule is CC[C@H]1CN(C(C)=O)CC[C@@H]1NCc1cccc2c1OCO2. The lowest BCUT2D eigenvalue weighted by atomic mass is 9.89. The molecule has 1 saturated heterocycles. The average molecular weight is 304 g/mol. The van der Waals surface area contributed by atoms with Gasteiger partial charge in [-0.25, -0.2) is 0 Å². The van der Waals surface area contributed by atoms with Crippen LogP contribution < -0.4 is 14.8 Å². The van der Waals surface area contributed by atoms with Crippen LogP contribution in [0.2, 0.25) is 0 Å². The van der Waals surface area contributed by atoms with Crippen LogP contribution in [0.5, 0.6) is 11.5 Å². The number of nitrogens with zero attached hydrogens (tertiary/aromatic N) is 1. The maximum atomic E-state index is 11.5. The van der Waals surface area contributed by atoms with Gasteiger partial charge in [0.25, 0.3) is 0 Å². The molecule has 22 heavy (non-hydrogen) atoms. The van der Waals surface area contributed by atoms with Crippen molar-refractivity contribution in [3.8, 4) is 11.5 Å². The van der Waals surface area contributed by atoms with E-state index in [4.69, 9.17) is 9.47 Å². The van der Waals surface area contributed by atoms with Gasteiger partial charge < -0.3 is 19.7 Å². The smallest absolute Gasteiger partial charge is 0.231 e. The van der Waals surface area contributed by atoms with Crippen LogP contribution in [0.15, 0.2) is 18.2 Å². The van der Waals surface area contributed by atoms with Crippen molar-refractivity contribution in [2.45, 2.75) is 39.3 Å². The second kappa shape index (κ2) is 6.57. The van der Waals surface area contributed by atoms with Gasteiger partial charge in [-0.1, -0.05) is 25.5 Å². The highest BCUT2D eigenvalue weighted by Gasteiger charge is 2.29. The Labute approximate surface area is 131 Å². The number of amides is 1. The van der Waals surface area contributed by atoms with Gasteiger partial charge in [0.05, 0.1) is 0 Å². The molecule has 2 aliphatic rings. The molecule has 2 aliphatic heterocycles. The number of rotatable bonds is 4. The molecule has 5 nitrogen and oxygen atoms in total. The van der Waals surface area contributed by atoms with Crippen molar-refractivity contribution in [1.29, 1.82) is 0 Å². The quantitative estimate of drug-likeness (QED) is 0.926. The van der Waals surface area contributed by atoms with Crippen LogP contribution >= 0.6 is 0 Å². The summed E-state index contributed by atoms with van der Waals surface area (Å²) in [5.41, 5.74) is 1.14. The minimum atomic E-state index is 0.184. The lowest BCUT2D eigenvalue weighted by molar-refractivity contribution is -0.131. The number of carbonyl (C=O) groups excluding carboxylic acids is 1. The van der Waals surface area contributed by atoms with Gasteiger partial charge in [-0.05, 0) is 18.4 Å². The van der Waals surface area contributed by atoms with Crippen molar-refractivity contribution < 1.29 is 14.3 Å². The van der Waals surface area contributed by atoms with E-state index in [1.165, 1.54) is 0 Å². The molecule has 0 spiro atoms. The number of hydrogen-bond acceptors (Lipinski definition) is 4. The van der Waals surface area contributed by atoms with E-state index in [9.17, 15) is 4.79 Å². The maximum Gasteiger partial charge on any atom is 0.231 e. The molecule has 1 fully saturated rings. The van der Waals surface area contributed by atoms with Crippen molar-refractivity contribution in [3.05, 3.63) is 23.8 Å². The Morgan fingerprint density at radius 3 is 3.05 bits per heavy atom. The van der Waals surface area contributed by atoms with E-state index in [0.717, 1.165) is 49.5 Å². The summed E-state index contributed by atoms with van der Waals surface area (Å²) in [6, 6.07) is 6.46. The summed E-state index contributed by atoms with van der Waals surface area (Å²) in [4.78, 5) is 13.5. The highest BCUT2D eigenvalue weighted by molar-refractivity contribution is 5.73. The van der Waals surface area contributed by atoms with Crippen molar-refractivity contribution in [3.63, 3.8) is 0 Å². The molecular formula is C17H24N2O3. The first kappa shape index (κ1) is 15.2. The molecule has 1 N–H and O–H groups in total. The number of para-hydroxylation sites is 1. The molecule has 2 atom stereocenters. The van der Waals surface area contributed by atoms with Crippen LogP contribution in [-0.2, 0) is 11.3 Å². The molecule has 0 saturated carbocycles. The van der Waals surface area contributed by atoms with E-state index >= 15 is 0 Å². The number of likely N-dealkylation sites (tertiary alicyclic amines) is 1. The third-order valence-corrected chi connectivity index (χ3v) is 4.74. The van der Waals surface area contributed by atoms with E-state index in [1.54, 1.807) is 6.92 Å². The zero-order chi connectivity index (χ0) is 15.5. The molecule has 2 heterocycles. The third kappa shape index (κ3) is 3.04. The lowest BCUT2D eigenvalue weighted by Gasteiger charge is -2.38. The summed E-state index contributed by atoms with van der Waals surface area (Å²) in [6.45, 7) is 6.63. The number of ether oxygens (including phenoxy) is 2. The lowest BCUT2D eigenvalue weighted by Crippen LogP contribution is -2.50. The molecule has 1 aromatic carbocycles.